The zero-order valence-electron chi connectivity index (χ0n) is 22.0. The Balaban J connectivity index is 2.06. The number of alkyl halides is 6. The molecular weight excluding hydrogens is 596 g/mol. The van der Waals surface area contributed by atoms with Gasteiger partial charge in [-0.3, -0.25) is 9.69 Å². The van der Waals surface area contributed by atoms with Crippen molar-refractivity contribution < 1.29 is 48.3 Å². The van der Waals surface area contributed by atoms with Crippen LogP contribution < -0.4 is 0 Å². The summed E-state index contributed by atoms with van der Waals surface area (Å²) < 4.78 is 134. The molecule has 42 heavy (non-hydrogen) atoms. The number of sulfonamides is 1. The van der Waals surface area contributed by atoms with Gasteiger partial charge in [0.1, 0.15) is 11.6 Å². The minimum absolute atomic E-state index is 0.128. The summed E-state index contributed by atoms with van der Waals surface area (Å²) in [5.74, 6) is -1.98. The van der Waals surface area contributed by atoms with Crippen molar-refractivity contribution in [1.29, 1.82) is 0 Å². The fraction of sp³-hybridized carbons (Fsp3) is 0.321. The molecule has 0 saturated carbocycles. The molecule has 0 spiro atoms. The van der Waals surface area contributed by atoms with Gasteiger partial charge in [-0.05, 0) is 67.6 Å². The van der Waals surface area contributed by atoms with Gasteiger partial charge in [0, 0.05) is 24.2 Å². The first-order chi connectivity index (χ1) is 19.4. The van der Waals surface area contributed by atoms with E-state index in [4.69, 9.17) is 6.42 Å². The van der Waals surface area contributed by atoms with Crippen LogP contribution in [0.2, 0.25) is 0 Å². The number of hydrogen-bond donors (Lipinski definition) is 0. The number of hydrogen-bond acceptors (Lipinski definition) is 4. The van der Waals surface area contributed by atoms with E-state index in [0.29, 0.717) is 30.8 Å². The topological polar surface area (TPSA) is 57.7 Å². The van der Waals surface area contributed by atoms with E-state index in [2.05, 4.69) is 5.92 Å². The molecule has 0 unspecified atom stereocenters. The molecule has 5 nitrogen and oxygen atoms in total. The van der Waals surface area contributed by atoms with Crippen LogP contribution in [0.4, 0.5) is 35.1 Å². The Bertz CT molecular complexity index is 1470. The second-order valence-electron chi connectivity index (χ2n) is 9.52. The first kappa shape index (κ1) is 33.0. The zero-order valence-corrected chi connectivity index (χ0v) is 22.8. The van der Waals surface area contributed by atoms with Crippen molar-refractivity contribution in [2.45, 2.75) is 18.8 Å². The van der Waals surface area contributed by atoms with Crippen molar-refractivity contribution in [1.82, 2.24) is 9.21 Å². The number of terminal acetylenes is 1. The molecule has 2 aromatic carbocycles. The van der Waals surface area contributed by atoms with Crippen LogP contribution in [0, 0.1) is 24.0 Å². The van der Waals surface area contributed by atoms with Gasteiger partial charge >= 0.3 is 12.4 Å². The van der Waals surface area contributed by atoms with Gasteiger partial charge in [0.15, 0.2) is 5.78 Å². The Morgan fingerprint density at radius 3 is 1.76 bits per heavy atom. The molecule has 2 aromatic rings. The predicted molar refractivity (Wildman–Crippen MR) is 140 cm³/mol. The van der Waals surface area contributed by atoms with Gasteiger partial charge in [-0.25, -0.2) is 17.2 Å². The number of rotatable bonds is 8. The van der Waals surface area contributed by atoms with Crippen LogP contribution in [0.5, 0.6) is 0 Å². The summed E-state index contributed by atoms with van der Waals surface area (Å²) >= 11 is 0. The average Bonchev–Trinajstić information content (AvgIpc) is 2.87. The molecule has 1 aliphatic rings. The highest BCUT2D eigenvalue weighted by atomic mass is 32.2. The zero-order chi connectivity index (χ0) is 31.5. The van der Waals surface area contributed by atoms with Crippen LogP contribution in [0.25, 0.3) is 12.2 Å². The van der Waals surface area contributed by atoms with Gasteiger partial charge < -0.3 is 0 Å². The number of carbonyl (C=O) groups is 1. The molecule has 1 aliphatic heterocycles. The summed E-state index contributed by atoms with van der Waals surface area (Å²) in [5, 5.41) is 0. The molecule has 1 saturated heterocycles. The lowest BCUT2D eigenvalue weighted by Crippen LogP contribution is -2.43. The molecule has 0 amide bonds. The number of halogens is 8. The fourth-order valence-electron chi connectivity index (χ4n) is 4.19. The maximum absolute atomic E-state index is 13.8. The third-order valence-corrected chi connectivity index (χ3v) is 8.10. The van der Waals surface area contributed by atoms with Crippen molar-refractivity contribution in [3.05, 3.63) is 81.4 Å². The van der Waals surface area contributed by atoms with Crippen LogP contribution in [0.3, 0.4) is 0 Å². The molecule has 0 atom stereocenters. The van der Waals surface area contributed by atoms with Crippen molar-refractivity contribution >= 4 is 28.0 Å². The summed E-state index contributed by atoms with van der Waals surface area (Å²) in [6.07, 6.45) is -2.84. The van der Waals surface area contributed by atoms with Crippen LogP contribution in [0.15, 0.2) is 47.5 Å². The Morgan fingerprint density at radius 1 is 0.905 bits per heavy atom. The third-order valence-electron chi connectivity index (χ3n) is 6.25. The molecule has 226 valence electrons. The first-order valence-electron chi connectivity index (χ1n) is 12.2. The van der Waals surface area contributed by atoms with E-state index in [-0.39, 0.29) is 35.2 Å². The van der Waals surface area contributed by atoms with Gasteiger partial charge in [0.05, 0.1) is 23.4 Å². The molecule has 0 N–H and O–H groups in total. The lowest BCUT2D eigenvalue weighted by atomic mass is 9.95. The Kier molecular flexibility index (Phi) is 10.0. The van der Waals surface area contributed by atoms with Gasteiger partial charge in [-0.2, -0.15) is 30.6 Å². The highest BCUT2D eigenvalue weighted by molar-refractivity contribution is 7.89. The minimum Gasteiger partial charge on any atom is -0.295 e. The predicted octanol–water partition coefficient (Wildman–Crippen LogP) is 5.64. The number of Topliss-reactive ketones (excluding diaryl/α,β-unsaturated/α-hetero) is 1. The van der Waals surface area contributed by atoms with E-state index in [9.17, 15) is 48.3 Å². The highest BCUT2D eigenvalue weighted by Crippen LogP contribution is 2.34. The minimum atomic E-state index is -5.05. The SMILES string of the molecule is C#CCN(C)CCCS(=O)(=O)N1C/C(=C\c2ccc(F)c(C(F)(F)F)c2)C(=O)/C(=C/c2ccc(F)c(C(F)(F)F)c2)C1. The van der Waals surface area contributed by atoms with Crippen molar-refractivity contribution in [2.24, 2.45) is 0 Å². The summed E-state index contributed by atoms with van der Waals surface area (Å²) in [6.45, 7) is -0.566. The molecule has 0 bridgehead atoms. The Hall–Kier alpha value is -3.54. The number of nitrogens with zero attached hydrogens (tertiary/aromatic N) is 2. The van der Waals surface area contributed by atoms with Crippen molar-refractivity contribution in [3.8, 4) is 12.3 Å². The molecule has 3 rings (SSSR count). The molecule has 0 radical (unpaired) electrons. The van der Waals surface area contributed by atoms with Crippen LogP contribution >= 0.6 is 0 Å². The van der Waals surface area contributed by atoms with Crippen molar-refractivity contribution in [3.63, 3.8) is 0 Å². The fourth-order valence-corrected chi connectivity index (χ4v) is 5.61. The molecule has 0 aliphatic carbocycles. The quantitative estimate of drug-likeness (QED) is 0.218. The van der Waals surface area contributed by atoms with E-state index in [1.807, 2.05) is 0 Å². The van der Waals surface area contributed by atoms with Crippen LogP contribution in [-0.2, 0) is 27.2 Å². The largest absolute Gasteiger partial charge is 0.419 e. The summed E-state index contributed by atoms with van der Waals surface area (Å²) in [4.78, 5) is 15.0. The van der Waals surface area contributed by atoms with Crippen LogP contribution in [-0.4, -0.2) is 62.4 Å². The van der Waals surface area contributed by atoms with Gasteiger partial charge in [0.2, 0.25) is 10.0 Å². The summed E-state index contributed by atoms with van der Waals surface area (Å²) in [6, 6.07) is 3.89. The van der Waals surface area contributed by atoms with E-state index in [1.165, 1.54) is 0 Å². The third kappa shape index (κ3) is 8.27. The van der Waals surface area contributed by atoms with E-state index in [1.54, 1.807) is 11.9 Å². The maximum Gasteiger partial charge on any atom is 0.419 e. The normalized spacial score (nSPS) is 17.3. The number of carbonyl (C=O) groups excluding carboxylic acids is 1. The van der Waals surface area contributed by atoms with Gasteiger partial charge in [-0.15, -0.1) is 6.42 Å². The molecular formula is C28H24F8N2O3S. The molecule has 1 heterocycles. The first-order valence-corrected chi connectivity index (χ1v) is 13.8. The molecule has 14 heteroatoms. The maximum atomic E-state index is 13.8. The van der Waals surface area contributed by atoms with E-state index in [0.717, 1.165) is 28.6 Å². The van der Waals surface area contributed by atoms with Gasteiger partial charge in [0.25, 0.3) is 0 Å². The van der Waals surface area contributed by atoms with E-state index >= 15 is 0 Å². The number of benzene rings is 2. The van der Waals surface area contributed by atoms with E-state index < -0.39 is 69.8 Å². The number of ketones is 1. The van der Waals surface area contributed by atoms with Gasteiger partial charge in [-0.1, -0.05) is 18.1 Å². The van der Waals surface area contributed by atoms with Crippen LogP contribution in [0.1, 0.15) is 28.7 Å². The summed E-state index contributed by atoms with van der Waals surface area (Å²) in [5.41, 5.74) is -4.35. The summed E-state index contributed by atoms with van der Waals surface area (Å²) in [7, 11) is -2.43. The standard InChI is InChI=1S/C28H24F8N2O3S/c1-3-9-37(2)10-4-11-42(40,41)38-16-20(12-18-5-7-24(29)22(14-18)27(31,32)33)26(39)21(17-38)13-19-6-8-25(30)23(15-19)28(34,35)36/h1,5-8,12-15H,4,9-11,16-17H2,2H3/b20-12+,21-13+. The highest BCUT2D eigenvalue weighted by Gasteiger charge is 2.36. The lowest BCUT2D eigenvalue weighted by Gasteiger charge is -2.29. The smallest absolute Gasteiger partial charge is 0.295 e. The number of piperidine rings is 1. The lowest BCUT2D eigenvalue weighted by molar-refractivity contribution is -0.140. The monoisotopic (exact) mass is 620 g/mol. The Labute approximate surface area is 237 Å². The molecule has 0 aromatic heterocycles. The average molecular weight is 621 g/mol. The second kappa shape index (κ2) is 12.8. The molecule has 1 fully saturated rings. The Morgan fingerprint density at radius 2 is 1.36 bits per heavy atom. The van der Waals surface area contributed by atoms with Crippen molar-refractivity contribution in [2.75, 3.05) is 39.0 Å². The second-order valence-corrected chi connectivity index (χ2v) is 11.6.